The predicted molar refractivity (Wildman–Crippen MR) is 129 cm³/mol. The van der Waals surface area contributed by atoms with Crippen molar-refractivity contribution >= 4 is 40.3 Å². The Kier molecular flexibility index (Phi) is 8.33. The van der Waals surface area contributed by atoms with Gasteiger partial charge in [-0.15, -0.1) is 11.3 Å². The molecule has 0 aliphatic heterocycles. The first-order valence-electron chi connectivity index (χ1n) is 11.1. The van der Waals surface area contributed by atoms with Gasteiger partial charge in [-0.2, -0.15) is 0 Å². The van der Waals surface area contributed by atoms with E-state index < -0.39 is 23.9 Å². The van der Waals surface area contributed by atoms with Crippen LogP contribution in [0.5, 0.6) is 11.5 Å². The molecule has 0 spiro atoms. The lowest BCUT2D eigenvalue weighted by Crippen LogP contribution is -2.29. The van der Waals surface area contributed by atoms with Gasteiger partial charge in [0.05, 0.1) is 19.3 Å². The molecule has 0 saturated heterocycles. The van der Waals surface area contributed by atoms with E-state index in [4.69, 9.17) is 14.2 Å². The Balaban J connectivity index is 1.68. The van der Waals surface area contributed by atoms with Crippen LogP contribution < -0.4 is 10.1 Å². The van der Waals surface area contributed by atoms with Crippen LogP contribution in [0.2, 0.25) is 0 Å². The van der Waals surface area contributed by atoms with E-state index in [1.807, 2.05) is 0 Å². The Bertz CT molecular complexity index is 1100. The molecule has 1 amide bonds. The summed E-state index contributed by atoms with van der Waals surface area (Å²) >= 11 is 1.38. The minimum Gasteiger partial charge on any atom is -0.504 e. The second-order valence-electron chi connectivity index (χ2n) is 8.11. The minimum atomic E-state index is -1.08. The van der Waals surface area contributed by atoms with Gasteiger partial charge in [-0.05, 0) is 68.4 Å². The molecule has 1 aliphatic rings. The zero-order valence-electron chi connectivity index (χ0n) is 19.7. The highest BCUT2D eigenvalue weighted by molar-refractivity contribution is 7.17. The van der Waals surface area contributed by atoms with E-state index in [-0.39, 0.29) is 18.1 Å². The molecule has 2 N–H and O–H groups in total. The first-order chi connectivity index (χ1) is 16.2. The normalized spacial score (nSPS) is 15.9. The van der Waals surface area contributed by atoms with Crippen LogP contribution >= 0.6 is 11.3 Å². The summed E-state index contributed by atoms with van der Waals surface area (Å²) < 4.78 is 15.5. The van der Waals surface area contributed by atoms with Crippen molar-refractivity contribution in [1.29, 1.82) is 0 Å². The number of thiophene rings is 1. The Morgan fingerprint density at radius 3 is 2.79 bits per heavy atom. The molecule has 2 atom stereocenters. The van der Waals surface area contributed by atoms with Crippen LogP contribution in [0.4, 0.5) is 5.00 Å². The molecule has 0 saturated carbocycles. The highest BCUT2D eigenvalue weighted by Crippen LogP contribution is 2.40. The standard InChI is InChI=1S/C25H29NO7S/c1-5-32-25(30)22-17-9-6-14(2)12-20(17)34-24(22)26-23(29)15(3)33-21(28)11-8-16-7-10-18(27)19(13-16)31-4/h7-8,10-11,13-15,27H,5-6,9,12H2,1-4H3,(H,26,29). The third kappa shape index (κ3) is 5.96. The number of amides is 1. The number of aromatic hydroxyl groups is 1. The molecule has 0 fully saturated rings. The van der Waals surface area contributed by atoms with Gasteiger partial charge in [0.2, 0.25) is 0 Å². The number of benzene rings is 1. The topological polar surface area (TPSA) is 111 Å². The van der Waals surface area contributed by atoms with E-state index in [0.717, 1.165) is 29.7 Å². The molecule has 0 radical (unpaired) electrons. The molecule has 3 rings (SSSR count). The Morgan fingerprint density at radius 1 is 1.32 bits per heavy atom. The van der Waals surface area contributed by atoms with Crippen LogP contribution in [0, 0.1) is 5.92 Å². The van der Waals surface area contributed by atoms with E-state index in [1.165, 1.54) is 43.6 Å². The number of nitrogens with one attached hydrogen (secondary N) is 1. The average Bonchev–Trinajstić information content (AvgIpc) is 3.15. The lowest BCUT2D eigenvalue weighted by molar-refractivity contribution is -0.148. The summed E-state index contributed by atoms with van der Waals surface area (Å²) in [5, 5.41) is 12.8. The molecular formula is C25H29NO7S. The van der Waals surface area contributed by atoms with Crippen LogP contribution in [0.15, 0.2) is 24.3 Å². The summed E-state index contributed by atoms with van der Waals surface area (Å²) in [6.45, 7) is 5.60. The summed E-state index contributed by atoms with van der Waals surface area (Å²) in [7, 11) is 1.43. The zero-order valence-corrected chi connectivity index (χ0v) is 20.5. The van der Waals surface area contributed by atoms with Gasteiger partial charge in [0.15, 0.2) is 17.6 Å². The van der Waals surface area contributed by atoms with Crippen molar-refractivity contribution in [3.8, 4) is 11.5 Å². The van der Waals surface area contributed by atoms with Gasteiger partial charge >= 0.3 is 11.9 Å². The maximum absolute atomic E-state index is 12.8. The fourth-order valence-electron chi connectivity index (χ4n) is 3.70. The molecule has 1 heterocycles. The SMILES string of the molecule is CCOC(=O)c1c(NC(=O)C(C)OC(=O)C=Cc2ccc(O)c(OC)c2)sc2c1CCC(C)C2. The summed E-state index contributed by atoms with van der Waals surface area (Å²) in [4.78, 5) is 38.7. The molecule has 2 aromatic rings. The number of fused-ring (bicyclic) bond motifs is 1. The second kappa shape index (κ2) is 11.2. The van der Waals surface area contributed by atoms with Crippen LogP contribution in [0.3, 0.4) is 0 Å². The molecule has 1 aromatic heterocycles. The largest absolute Gasteiger partial charge is 0.504 e. The molecule has 0 bridgehead atoms. The fraction of sp³-hybridized carbons (Fsp3) is 0.400. The number of phenolic OH excluding ortho intramolecular Hbond substituents is 1. The average molecular weight is 488 g/mol. The maximum atomic E-state index is 12.8. The first-order valence-corrected chi connectivity index (χ1v) is 11.9. The van der Waals surface area contributed by atoms with Crippen molar-refractivity contribution in [2.24, 2.45) is 5.92 Å². The Labute approximate surface area is 202 Å². The number of anilines is 1. The molecule has 182 valence electrons. The number of hydrogen-bond donors (Lipinski definition) is 2. The monoisotopic (exact) mass is 487 g/mol. The summed E-state index contributed by atoms with van der Waals surface area (Å²) in [5.41, 5.74) is 1.96. The number of esters is 2. The highest BCUT2D eigenvalue weighted by Gasteiger charge is 2.30. The molecule has 9 heteroatoms. The van der Waals surface area contributed by atoms with Crippen LogP contribution in [-0.2, 0) is 31.9 Å². The number of rotatable bonds is 8. The van der Waals surface area contributed by atoms with Crippen LogP contribution in [0.25, 0.3) is 6.08 Å². The van der Waals surface area contributed by atoms with Gasteiger partial charge in [0, 0.05) is 11.0 Å². The van der Waals surface area contributed by atoms with E-state index in [9.17, 15) is 19.5 Å². The molecule has 8 nitrogen and oxygen atoms in total. The van der Waals surface area contributed by atoms with Gasteiger partial charge in [-0.25, -0.2) is 9.59 Å². The number of methoxy groups -OCH3 is 1. The molecule has 2 unspecified atom stereocenters. The minimum absolute atomic E-state index is 0.0144. The first kappa shape index (κ1) is 25.3. The number of hydrogen-bond acceptors (Lipinski definition) is 8. The van der Waals surface area contributed by atoms with E-state index in [0.29, 0.717) is 22.0 Å². The Hall–Kier alpha value is -3.33. The number of phenols is 1. The summed E-state index contributed by atoms with van der Waals surface area (Å²) in [5.74, 6) is -0.940. The molecule has 1 aliphatic carbocycles. The number of ether oxygens (including phenoxy) is 3. The third-order valence-corrected chi connectivity index (χ3v) is 6.68. The van der Waals surface area contributed by atoms with Crippen molar-refractivity contribution in [1.82, 2.24) is 0 Å². The quantitative estimate of drug-likeness (QED) is 0.421. The summed E-state index contributed by atoms with van der Waals surface area (Å²) in [6, 6.07) is 4.61. The fourth-order valence-corrected chi connectivity index (χ4v) is 5.10. The van der Waals surface area contributed by atoms with Gasteiger partial charge < -0.3 is 24.6 Å². The Morgan fingerprint density at radius 2 is 2.09 bits per heavy atom. The van der Waals surface area contributed by atoms with Crippen molar-refractivity contribution in [2.45, 2.75) is 46.1 Å². The zero-order chi connectivity index (χ0) is 24.8. The number of carbonyl (C=O) groups is 3. The lowest BCUT2D eigenvalue weighted by Gasteiger charge is -2.18. The van der Waals surface area contributed by atoms with Gasteiger partial charge in [-0.1, -0.05) is 13.0 Å². The van der Waals surface area contributed by atoms with Gasteiger partial charge in [0.25, 0.3) is 5.91 Å². The lowest BCUT2D eigenvalue weighted by atomic mass is 9.88. The van der Waals surface area contributed by atoms with E-state index in [2.05, 4.69) is 12.2 Å². The van der Waals surface area contributed by atoms with Crippen molar-refractivity contribution in [3.05, 3.63) is 45.8 Å². The smallest absolute Gasteiger partial charge is 0.341 e. The second-order valence-corrected chi connectivity index (χ2v) is 9.21. The summed E-state index contributed by atoms with van der Waals surface area (Å²) in [6.07, 6.45) is 4.16. The highest BCUT2D eigenvalue weighted by atomic mass is 32.1. The van der Waals surface area contributed by atoms with Gasteiger partial charge in [0.1, 0.15) is 5.00 Å². The third-order valence-electron chi connectivity index (χ3n) is 5.51. The molecule has 34 heavy (non-hydrogen) atoms. The van der Waals surface area contributed by atoms with Crippen LogP contribution in [-0.4, -0.2) is 42.8 Å². The van der Waals surface area contributed by atoms with Crippen LogP contribution in [0.1, 0.15) is 53.6 Å². The maximum Gasteiger partial charge on any atom is 0.341 e. The number of carbonyl (C=O) groups excluding carboxylic acids is 3. The van der Waals surface area contributed by atoms with Crippen molar-refractivity contribution in [2.75, 3.05) is 19.0 Å². The van der Waals surface area contributed by atoms with Gasteiger partial charge in [-0.3, -0.25) is 4.79 Å². The molecule has 1 aromatic carbocycles. The van der Waals surface area contributed by atoms with E-state index in [1.54, 1.807) is 19.1 Å². The van der Waals surface area contributed by atoms with Crippen molar-refractivity contribution < 1.29 is 33.7 Å². The predicted octanol–water partition coefficient (Wildman–Crippen LogP) is 4.35. The van der Waals surface area contributed by atoms with E-state index >= 15 is 0 Å². The van der Waals surface area contributed by atoms with Crippen molar-refractivity contribution in [3.63, 3.8) is 0 Å². The molecular weight excluding hydrogens is 458 g/mol.